The SMILES string of the molecule is CN1CCC[C@@H]2CCC(C)(C)N2c2nc(-n3ccc(OCCC4(C(F)(F)F)CC4)n3)ccc2C(=O)NSc2cccc1n2. The molecule has 6 rings (SSSR count). The molecular weight excluding hydrogens is 579 g/mol. The second-order valence-corrected chi connectivity index (χ2v) is 13.1. The van der Waals surface area contributed by atoms with Crippen molar-refractivity contribution in [1.82, 2.24) is 24.5 Å². The van der Waals surface area contributed by atoms with Gasteiger partial charge >= 0.3 is 6.18 Å². The molecule has 0 radical (unpaired) electrons. The largest absolute Gasteiger partial charge is 0.477 e. The zero-order valence-electron chi connectivity index (χ0n) is 24.5. The number of carbonyl (C=O) groups excluding carboxylic acids is 1. The number of fused-ring (bicyclic) bond motifs is 5. The van der Waals surface area contributed by atoms with Crippen molar-refractivity contribution in [3.05, 3.63) is 48.2 Å². The van der Waals surface area contributed by atoms with Crippen LogP contribution in [0.4, 0.5) is 24.8 Å². The van der Waals surface area contributed by atoms with Crippen LogP contribution < -0.4 is 19.3 Å². The van der Waals surface area contributed by atoms with E-state index in [2.05, 4.69) is 33.5 Å². The monoisotopic (exact) mass is 615 g/mol. The highest BCUT2D eigenvalue weighted by Gasteiger charge is 2.62. The molecule has 2 bridgehead atoms. The van der Waals surface area contributed by atoms with Crippen molar-refractivity contribution < 1.29 is 22.7 Å². The fourth-order valence-electron chi connectivity index (χ4n) is 6.12. The molecule has 1 atom stereocenters. The van der Waals surface area contributed by atoms with Gasteiger partial charge in [-0.25, -0.2) is 14.6 Å². The van der Waals surface area contributed by atoms with Crippen LogP contribution in [0.3, 0.4) is 0 Å². The Morgan fingerprint density at radius 1 is 1.07 bits per heavy atom. The molecule has 3 aromatic heterocycles. The van der Waals surface area contributed by atoms with Crippen LogP contribution in [0.15, 0.2) is 47.6 Å². The number of anilines is 2. The molecule has 3 aliphatic rings. The Morgan fingerprint density at radius 3 is 2.65 bits per heavy atom. The van der Waals surface area contributed by atoms with Gasteiger partial charge in [-0.1, -0.05) is 6.07 Å². The standard InChI is InChI=1S/C30H36F3N7O2S/c1-28(2)13-11-20-6-5-17-38(3)22-7-4-8-25(34-22)43-37-27(41)21-9-10-23(35-26(21)40(20)28)39-18-12-24(36-39)42-19-16-29(14-15-29)30(31,32)33/h4,7-10,12,18,20H,5-6,11,13-17,19H2,1-3H3,(H,37,41)/t20-/m1/s1. The fourth-order valence-corrected chi connectivity index (χ4v) is 6.71. The van der Waals surface area contributed by atoms with E-state index in [4.69, 9.17) is 14.7 Å². The Hall–Kier alpha value is -3.48. The average molecular weight is 616 g/mol. The normalized spacial score (nSPS) is 21.4. The summed E-state index contributed by atoms with van der Waals surface area (Å²) in [4.78, 5) is 27.7. The Kier molecular flexibility index (Phi) is 7.72. The topological polar surface area (TPSA) is 88.4 Å². The molecule has 2 aliphatic heterocycles. The smallest absolute Gasteiger partial charge is 0.394 e. The van der Waals surface area contributed by atoms with Crippen molar-refractivity contribution in [1.29, 1.82) is 0 Å². The summed E-state index contributed by atoms with van der Waals surface area (Å²) in [7, 11) is 2.03. The van der Waals surface area contributed by atoms with Gasteiger partial charge in [-0.3, -0.25) is 9.52 Å². The van der Waals surface area contributed by atoms with Gasteiger partial charge in [0, 0.05) is 49.4 Å². The highest BCUT2D eigenvalue weighted by Crippen LogP contribution is 2.59. The number of amides is 1. The number of aromatic nitrogens is 4. The lowest BCUT2D eigenvalue weighted by Crippen LogP contribution is -2.45. The summed E-state index contributed by atoms with van der Waals surface area (Å²) in [5, 5.41) is 5.12. The van der Waals surface area contributed by atoms with E-state index in [1.54, 1.807) is 24.4 Å². The predicted octanol–water partition coefficient (Wildman–Crippen LogP) is 6.19. The Labute approximate surface area is 253 Å². The lowest BCUT2D eigenvalue weighted by Gasteiger charge is -2.38. The van der Waals surface area contributed by atoms with Crippen LogP contribution in [0.5, 0.6) is 5.88 Å². The van der Waals surface area contributed by atoms with E-state index in [1.807, 2.05) is 25.2 Å². The van der Waals surface area contributed by atoms with Crippen LogP contribution in [0, 0.1) is 5.41 Å². The van der Waals surface area contributed by atoms with Crippen molar-refractivity contribution >= 4 is 29.5 Å². The molecule has 0 spiro atoms. The number of carbonyl (C=O) groups is 1. The van der Waals surface area contributed by atoms with Crippen molar-refractivity contribution in [2.75, 3.05) is 30.0 Å². The number of nitrogens with one attached hydrogen (secondary N) is 1. The van der Waals surface area contributed by atoms with Gasteiger partial charge in [0.05, 0.1) is 17.6 Å². The fraction of sp³-hybridized carbons (Fsp3) is 0.533. The van der Waals surface area contributed by atoms with Gasteiger partial charge in [0.2, 0.25) is 5.88 Å². The van der Waals surface area contributed by atoms with E-state index in [0.29, 0.717) is 22.2 Å². The summed E-state index contributed by atoms with van der Waals surface area (Å²) in [5.74, 6) is 1.88. The van der Waals surface area contributed by atoms with E-state index in [0.717, 1.165) is 38.0 Å². The summed E-state index contributed by atoms with van der Waals surface area (Å²) < 4.78 is 49.9. The van der Waals surface area contributed by atoms with Gasteiger partial charge in [0.15, 0.2) is 5.82 Å². The summed E-state index contributed by atoms with van der Waals surface area (Å²) in [5.41, 5.74) is -1.40. The number of nitrogens with zero attached hydrogens (tertiary/aromatic N) is 6. The van der Waals surface area contributed by atoms with Crippen LogP contribution in [-0.2, 0) is 0 Å². The highest BCUT2D eigenvalue weighted by molar-refractivity contribution is 7.97. The molecule has 1 N–H and O–H groups in total. The molecule has 1 saturated heterocycles. The first-order chi connectivity index (χ1) is 20.5. The summed E-state index contributed by atoms with van der Waals surface area (Å²) >= 11 is 1.17. The molecule has 3 aromatic rings. The van der Waals surface area contributed by atoms with Gasteiger partial charge < -0.3 is 14.5 Å². The van der Waals surface area contributed by atoms with Crippen LogP contribution in [0.1, 0.15) is 69.2 Å². The second kappa shape index (κ2) is 11.2. The number of rotatable bonds is 5. The van der Waals surface area contributed by atoms with E-state index >= 15 is 0 Å². The first-order valence-corrected chi connectivity index (χ1v) is 15.5. The summed E-state index contributed by atoms with van der Waals surface area (Å²) in [6.07, 6.45) is 1.46. The number of hydrogen-bond donors (Lipinski definition) is 1. The minimum absolute atomic E-state index is 0.0669. The summed E-state index contributed by atoms with van der Waals surface area (Å²) in [6.45, 7) is 5.13. The summed E-state index contributed by atoms with van der Waals surface area (Å²) in [6, 6.07) is 11.0. The number of alkyl halides is 3. The maximum absolute atomic E-state index is 13.6. The molecule has 2 fully saturated rings. The minimum Gasteiger partial charge on any atom is -0.477 e. The highest BCUT2D eigenvalue weighted by atomic mass is 32.2. The van der Waals surface area contributed by atoms with E-state index in [-0.39, 0.29) is 49.2 Å². The van der Waals surface area contributed by atoms with E-state index < -0.39 is 11.6 Å². The zero-order valence-corrected chi connectivity index (χ0v) is 25.3. The third-order valence-electron chi connectivity index (χ3n) is 8.90. The lowest BCUT2D eigenvalue weighted by molar-refractivity contribution is -0.190. The number of hydrogen-bond acceptors (Lipinski definition) is 8. The van der Waals surface area contributed by atoms with Gasteiger partial charge in [0.25, 0.3) is 5.91 Å². The molecule has 13 heteroatoms. The van der Waals surface area contributed by atoms with Crippen molar-refractivity contribution in [3.8, 4) is 11.7 Å². The quantitative estimate of drug-likeness (QED) is 0.340. The van der Waals surface area contributed by atoms with Crippen LogP contribution in [0.2, 0.25) is 0 Å². The molecule has 1 saturated carbocycles. The van der Waals surface area contributed by atoms with Crippen LogP contribution in [0.25, 0.3) is 5.82 Å². The predicted molar refractivity (Wildman–Crippen MR) is 159 cm³/mol. The molecular formula is C30H36F3N7O2S. The maximum Gasteiger partial charge on any atom is 0.394 e. The Bertz CT molecular complexity index is 1490. The molecule has 9 nitrogen and oxygen atoms in total. The van der Waals surface area contributed by atoms with Crippen molar-refractivity contribution in [2.24, 2.45) is 5.41 Å². The number of pyridine rings is 2. The molecule has 43 heavy (non-hydrogen) atoms. The van der Waals surface area contributed by atoms with Crippen molar-refractivity contribution in [2.45, 2.75) is 81.6 Å². The van der Waals surface area contributed by atoms with Crippen molar-refractivity contribution in [3.63, 3.8) is 0 Å². The molecule has 0 aromatic carbocycles. The Balaban J connectivity index is 1.28. The van der Waals surface area contributed by atoms with Gasteiger partial charge in [-0.05, 0) is 83.1 Å². The average Bonchev–Trinajstić information content (AvgIpc) is 3.53. The van der Waals surface area contributed by atoms with Crippen LogP contribution >= 0.6 is 11.9 Å². The molecule has 230 valence electrons. The van der Waals surface area contributed by atoms with Crippen LogP contribution in [-0.4, -0.2) is 63.6 Å². The molecule has 0 unspecified atom stereocenters. The molecule has 5 heterocycles. The lowest BCUT2D eigenvalue weighted by atomic mass is 10.0. The first-order valence-electron chi connectivity index (χ1n) is 14.7. The van der Waals surface area contributed by atoms with E-state index in [1.165, 1.54) is 16.6 Å². The van der Waals surface area contributed by atoms with Gasteiger partial charge in [0.1, 0.15) is 16.7 Å². The van der Waals surface area contributed by atoms with E-state index in [9.17, 15) is 18.0 Å². The molecule has 1 amide bonds. The van der Waals surface area contributed by atoms with Gasteiger partial charge in [-0.15, -0.1) is 5.10 Å². The zero-order chi connectivity index (χ0) is 30.4. The third-order valence-corrected chi connectivity index (χ3v) is 9.63. The number of halogens is 3. The maximum atomic E-state index is 13.6. The number of ether oxygens (including phenoxy) is 1. The Morgan fingerprint density at radius 2 is 1.88 bits per heavy atom. The minimum atomic E-state index is -4.21. The second-order valence-electron chi connectivity index (χ2n) is 12.3. The first kappa shape index (κ1) is 29.6. The third kappa shape index (κ3) is 6.00. The molecule has 1 aliphatic carbocycles. The van der Waals surface area contributed by atoms with Gasteiger partial charge in [-0.2, -0.15) is 13.2 Å².